The predicted molar refractivity (Wildman–Crippen MR) is 126 cm³/mol. The van der Waals surface area contributed by atoms with Crippen molar-refractivity contribution in [3.8, 4) is 0 Å². The summed E-state index contributed by atoms with van der Waals surface area (Å²) in [6.07, 6.45) is 24.4. The molecule has 0 fully saturated rings. The fourth-order valence-electron chi connectivity index (χ4n) is 3.63. The number of unbranched alkanes of at least 4 members (excludes halogenated alkanes) is 11. The Bertz CT molecular complexity index is 431. The second-order valence-electron chi connectivity index (χ2n) is 8.52. The molecule has 4 nitrogen and oxygen atoms in total. The van der Waals surface area contributed by atoms with Crippen molar-refractivity contribution in [1.82, 2.24) is 0 Å². The van der Waals surface area contributed by atoms with E-state index in [9.17, 15) is 9.59 Å². The number of carbonyl (C=O) groups is 2. The van der Waals surface area contributed by atoms with Crippen LogP contribution >= 0.6 is 0 Å². The molecule has 0 radical (unpaired) electrons. The lowest BCUT2D eigenvalue weighted by molar-refractivity contribution is -0.150. The maximum atomic E-state index is 12.0. The number of hydrogen-bond donors (Lipinski definition) is 1. The summed E-state index contributed by atoms with van der Waals surface area (Å²) in [5, 5.41) is 8.58. The third-order valence-corrected chi connectivity index (χ3v) is 5.47. The smallest absolute Gasteiger partial charge is 0.306 e. The average molecular weight is 425 g/mol. The lowest BCUT2D eigenvalue weighted by atomic mass is 10.1. The van der Waals surface area contributed by atoms with Crippen molar-refractivity contribution >= 4 is 11.9 Å². The minimum atomic E-state index is -0.682. The van der Waals surface area contributed by atoms with Gasteiger partial charge in [0.2, 0.25) is 0 Å². The zero-order chi connectivity index (χ0) is 22.3. The van der Waals surface area contributed by atoms with Crippen LogP contribution in [0.15, 0.2) is 12.2 Å². The van der Waals surface area contributed by atoms with Gasteiger partial charge in [0.25, 0.3) is 0 Å². The normalized spacial score (nSPS) is 12.3. The summed E-state index contributed by atoms with van der Waals surface area (Å²) in [6.45, 7) is 4.33. The van der Waals surface area contributed by atoms with Crippen LogP contribution in [0.25, 0.3) is 0 Å². The highest BCUT2D eigenvalue weighted by atomic mass is 16.5. The Balaban J connectivity index is 3.43. The number of rotatable bonds is 22. The second-order valence-corrected chi connectivity index (χ2v) is 8.52. The van der Waals surface area contributed by atoms with E-state index in [0.717, 1.165) is 77.0 Å². The Morgan fingerprint density at radius 2 is 1.23 bits per heavy atom. The average Bonchev–Trinajstić information content (AvgIpc) is 2.71. The summed E-state index contributed by atoms with van der Waals surface area (Å²) in [5.74, 6) is -0.687. The Kier molecular flexibility index (Phi) is 21.4. The van der Waals surface area contributed by atoms with Crippen molar-refractivity contribution in [2.75, 3.05) is 0 Å². The quantitative estimate of drug-likeness (QED) is 0.109. The molecule has 0 aromatic carbocycles. The molecule has 0 rings (SSSR count). The van der Waals surface area contributed by atoms with Crippen LogP contribution in [0, 0.1) is 0 Å². The molecule has 176 valence electrons. The number of carboxylic acids is 1. The van der Waals surface area contributed by atoms with Crippen molar-refractivity contribution in [1.29, 1.82) is 0 Å². The molecule has 0 aromatic heterocycles. The number of allylic oxidation sites excluding steroid dienone is 2. The molecule has 0 saturated carbocycles. The number of aliphatic carboxylic acids is 1. The van der Waals surface area contributed by atoms with Crippen molar-refractivity contribution in [3.63, 3.8) is 0 Å². The first-order valence-electron chi connectivity index (χ1n) is 12.7. The number of hydrogen-bond acceptors (Lipinski definition) is 3. The van der Waals surface area contributed by atoms with Gasteiger partial charge in [-0.25, -0.2) is 0 Å². The first kappa shape index (κ1) is 28.7. The monoisotopic (exact) mass is 424 g/mol. The van der Waals surface area contributed by atoms with E-state index < -0.39 is 5.97 Å². The summed E-state index contributed by atoms with van der Waals surface area (Å²) < 4.78 is 5.65. The van der Waals surface area contributed by atoms with Crippen LogP contribution in [-0.4, -0.2) is 23.1 Å². The number of carbonyl (C=O) groups excluding carboxylic acids is 1. The fraction of sp³-hybridized carbons (Fsp3) is 0.846. The van der Waals surface area contributed by atoms with Crippen LogP contribution in [0.1, 0.15) is 136 Å². The van der Waals surface area contributed by atoms with E-state index in [2.05, 4.69) is 26.0 Å². The highest BCUT2D eigenvalue weighted by Gasteiger charge is 2.12. The Labute approximate surface area is 185 Å². The van der Waals surface area contributed by atoms with Gasteiger partial charge in [0.15, 0.2) is 0 Å². The summed E-state index contributed by atoms with van der Waals surface area (Å²) in [6, 6.07) is 0. The van der Waals surface area contributed by atoms with Gasteiger partial charge in [-0.05, 0) is 51.4 Å². The van der Waals surface area contributed by atoms with Crippen LogP contribution in [0.4, 0.5) is 0 Å². The molecule has 1 unspecified atom stereocenters. The summed E-state index contributed by atoms with van der Waals surface area (Å²) in [7, 11) is 0. The molecule has 1 N–H and O–H groups in total. The zero-order valence-electron chi connectivity index (χ0n) is 19.8. The standard InChI is InChI=1S/C26H48O4/c1-3-5-21-24(20-4-2)30-26(29)23-19-17-15-13-11-9-7-6-8-10-12-14-16-18-22-25(27)28/h6-7,24H,3-5,8-23H2,1-2H3,(H,27,28). The molecule has 0 saturated heterocycles. The minimum Gasteiger partial charge on any atom is -0.481 e. The Morgan fingerprint density at radius 1 is 0.700 bits per heavy atom. The van der Waals surface area contributed by atoms with Crippen LogP contribution in [0.5, 0.6) is 0 Å². The van der Waals surface area contributed by atoms with Crippen molar-refractivity contribution in [2.24, 2.45) is 0 Å². The van der Waals surface area contributed by atoms with E-state index in [1.165, 1.54) is 32.1 Å². The largest absolute Gasteiger partial charge is 0.481 e. The molecule has 0 aromatic rings. The maximum absolute atomic E-state index is 12.0. The topological polar surface area (TPSA) is 63.6 Å². The highest BCUT2D eigenvalue weighted by molar-refractivity contribution is 5.69. The molecule has 1 atom stereocenters. The Morgan fingerprint density at radius 3 is 1.77 bits per heavy atom. The van der Waals surface area contributed by atoms with Gasteiger partial charge in [0.05, 0.1) is 0 Å². The summed E-state index contributed by atoms with van der Waals surface area (Å²) >= 11 is 0. The van der Waals surface area contributed by atoms with E-state index in [1.807, 2.05) is 0 Å². The van der Waals surface area contributed by atoms with E-state index in [1.54, 1.807) is 0 Å². The lowest BCUT2D eigenvalue weighted by Gasteiger charge is -2.17. The van der Waals surface area contributed by atoms with E-state index in [0.29, 0.717) is 12.8 Å². The number of carboxylic acid groups (broad SMARTS) is 1. The summed E-state index contributed by atoms with van der Waals surface area (Å²) in [4.78, 5) is 22.4. The van der Waals surface area contributed by atoms with Gasteiger partial charge in [-0.15, -0.1) is 0 Å². The number of ether oxygens (including phenoxy) is 1. The molecular formula is C26H48O4. The molecule has 30 heavy (non-hydrogen) atoms. The van der Waals surface area contributed by atoms with Gasteiger partial charge in [-0.1, -0.05) is 83.8 Å². The van der Waals surface area contributed by atoms with E-state index >= 15 is 0 Å². The van der Waals surface area contributed by atoms with Crippen LogP contribution in [0.3, 0.4) is 0 Å². The molecular weight excluding hydrogens is 376 g/mol. The third-order valence-electron chi connectivity index (χ3n) is 5.47. The number of esters is 1. The van der Waals surface area contributed by atoms with Gasteiger partial charge in [0.1, 0.15) is 6.10 Å². The highest BCUT2D eigenvalue weighted by Crippen LogP contribution is 2.14. The SMILES string of the molecule is CCCCC(CCC)OC(=O)CCCCCCCC=CCCCCCCCC(=O)O. The van der Waals surface area contributed by atoms with Crippen molar-refractivity contribution < 1.29 is 19.4 Å². The van der Waals surface area contributed by atoms with Gasteiger partial charge in [-0.3, -0.25) is 9.59 Å². The zero-order valence-corrected chi connectivity index (χ0v) is 19.8. The second kappa shape index (κ2) is 22.4. The summed E-state index contributed by atoms with van der Waals surface area (Å²) in [5.41, 5.74) is 0. The third kappa shape index (κ3) is 21.4. The fourth-order valence-corrected chi connectivity index (χ4v) is 3.63. The maximum Gasteiger partial charge on any atom is 0.306 e. The molecule has 0 aliphatic rings. The molecule has 0 aliphatic heterocycles. The molecule has 0 bridgehead atoms. The van der Waals surface area contributed by atoms with E-state index in [-0.39, 0.29) is 12.1 Å². The first-order valence-corrected chi connectivity index (χ1v) is 12.7. The van der Waals surface area contributed by atoms with Crippen LogP contribution in [0.2, 0.25) is 0 Å². The molecule has 4 heteroatoms. The first-order chi connectivity index (χ1) is 14.6. The lowest BCUT2D eigenvalue weighted by Crippen LogP contribution is -2.18. The van der Waals surface area contributed by atoms with Crippen molar-refractivity contribution in [3.05, 3.63) is 12.2 Å². The van der Waals surface area contributed by atoms with Gasteiger partial charge < -0.3 is 9.84 Å². The van der Waals surface area contributed by atoms with Gasteiger partial charge in [0, 0.05) is 12.8 Å². The predicted octanol–water partition coefficient (Wildman–Crippen LogP) is 7.99. The van der Waals surface area contributed by atoms with Crippen LogP contribution in [-0.2, 0) is 14.3 Å². The van der Waals surface area contributed by atoms with E-state index in [4.69, 9.17) is 9.84 Å². The molecule has 0 aliphatic carbocycles. The van der Waals surface area contributed by atoms with Gasteiger partial charge in [-0.2, -0.15) is 0 Å². The molecule has 0 spiro atoms. The van der Waals surface area contributed by atoms with Crippen LogP contribution < -0.4 is 0 Å². The van der Waals surface area contributed by atoms with Gasteiger partial charge >= 0.3 is 11.9 Å². The minimum absolute atomic E-state index is 0.00521. The Hall–Kier alpha value is -1.32. The molecule has 0 amide bonds. The molecule has 0 heterocycles. The van der Waals surface area contributed by atoms with Crippen molar-refractivity contribution in [2.45, 2.75) is 142 Å².